The molecule has 0 unspecified atom stereocenters. The fraction of sp³-hybridized carbons (Fsp3) is 0.188. The van der Waals surface area contributed by atoms with Crippen LogP contribution in [0.4, 0.5) is 8.78 Å². The van der Waals surface area contributed by atoms with E-state index in [1.165, 1.54) is 6.07 Å². The van der Waals surface area contributed by atoms with Crippen LogP contribution in [-0.2, 0) is 23.6 Å². The van der Waals surface area contributed by atoms with Gasteiger partial charge in [0.25, 0.3) is 0 Å². The molecule has 0 aliphatic carbocycles. The van der Waals surface area contributed by atoms with Crippen molar-refractivity contribution >= 4 is 17.5 Å². The normalized spacial score (nSPS) is 10.4. The van der Waals surface area contributed by atoms with Gasteiger partial charge in [0, 0.05) is 12.4 Å². The van der Waals surface area contributed by atoms with Gasteiger partial charge in [-0.3, -0.25) is 4.79 Å². The van der Waals surface area contributed by atoms with Crippen molar-refractivity contribution in [3.8, 4) is 0 Å². The fourth-order valence-corrected chi connectivity index (χ4v) is 2.02. The predicted octanol–water partition coefficient (Wildman–Crippen LogP) is 3.56. The maximum absolute atomic E-state index is 13.0. The second-order valence-electron chi connectivity index (χ2n) is 4.65. The van der Waals surface area contributed by atoms with E-state index in [9.17, 15) is 13.6 Å². The van der Waals surface area contributed by atoms with Crippen LogP contribution in [0.15, 0.2) is 42.5 Å². The minimum absolute atomic E-state index is 0.0109. The van der Waals surface area contributed by atoms with Crippen LogP contribution in [0.1, 0.15) is 16.7 Å². The van der Waals surface area contributed by atoms with Gasteiger partial charge in [-0.1, -0.05) is 30.3 Å². The van der Waals surface area contributed by atoms with Crippen LogP contribution >= 0.6 is 11.6 Å². The summed E-state index contributed by atoms with van der Waals surface area (Å²) < 4.78 is 25.8. The fourth-order valence-electron chi connectivity index (χ4n) is 1.84. The topological polar surface area (TPSA) is 29.1 Å². The molecule has 0 aliphatic heterocycles. The first kappa shape index (κ1) is 15.4. The van der Waals surface area contributed by atoms with Gasteiger partial charge in [0.1, 0.15) is 0 Å². The maximum atomic E-state index is 13.0. The monoisotopic (exact) mass is 309 g/mol. The molecule has 1 N–H and O–H groups in total. The number of hydrogen-bond acceptors (Lipinski definition) is 1. The molecule has 0 saturated carbocycles. The Balaban J connectivity index is 1.87. The maximum Gasteiger partial charge on any atom is 0.224 e. The molecule has 110 valence electrons. The molecule has 0 atom stereocenters. The first-order valence-electron chi connectivity index (χ1n) is 6.43. The zero-order valence-electron chi connectivity index (χ0n) is 11.2. The summed E-state index contributed by atoms with van der Waals surface area (Å²) >= 11 is 5.69. The molecular weight excluding hydrogens is 296 g/mol. The molecule has 0 spiro atoms. The molecule has 0 saturated heterocycles. The van der Waals surface area contributed by atoms with Gasteiger partial charge in [0.05, 0.1) is 6.42 Å². The Labute approximate surface area is 126 Å². The summed E-state index contributed by atoms with van der Waals surface area (Å²) in [6.45, 7) is 0.380. The first-order valence-corrected chi connectivity index (χ1v) is 6.96. The van der Waals surface area contributed by atoms with E-state index in [0.29, 0.717) is 18.0 Å². The molecule has 5 heteroatoms. The third-order valence-electron chi connectivity index (χ3n) is 3.02. The Morgan fingerprint density at radius 2 is 1.57 bits per heavy atom. The first-order chi connectivity index (χ1) is 10.1. The van der Waals surface area contributed by atoms with Gasteiger partial charge >= 0.3 is 0 Å². The van der Waals surface area contributed by atoms with Crippen LogP contribution in [0, 0.1) is 11.6 Å². The Kier molecular flexibility index (Phi) is 5.28. The van der Waals surface area contributed by atoms with Gasteiger partial charge in [-0.15, -0.1) is 11.6 Å². The van der Waals surface area contributed by atoms with E-state index >= 15 is 0 Å². The smallest absolute Gasteiger partial charge is 0.224 e. The number of benzene rings is 2. The molecule has 21 heavy (non-hydrogen) atoms. The second kappa shape index (κ2) is 7.18. The zero-order chi connectivity index (χ0) is 15.2. The van der Waals surface area contributed by atoms with Crippen molar-refractivity contribution in [2.45, 2.75) is 18.8 Å². The summed E-state index contributed by atoms with van der Waals surface area (Å²) in [5, 5.41) is 2.73. The number of carbonyl (C=O) groups is 1. The molecule has 2 aromatic rings. The lowest BCUT2D eigenvalue weighted by atomic mass is 10.1. The highest BCUT2D eigenvalue weighted by Crippen LogP contribution is 2.10. The van der Waals surface area contributed by atoms with E-state index in [1.54, 1.807) is 0 Å². The third kappa shape index (κ3) is 4.53. The van der Waals surface area contributed by atoms with Crippen LogP contribution in [0.5, 0.6) is 0 Å². The summed E-state index contributed by atoms with van der Waals surface area (Å²) in [5.41, 5.74) is 2.39. The van der Waals surface area contributed by atoms with Crippen molar-refractivity contribution in [3.63, 3.8) is 0 Å². The molecule has 2 aromatic carbocycles. The largest absolute Gasteiger partial charge is 0.352 e. The zero-order valence-corrected chi connectivity index (χ0v) is 12.0. The van der Waals surface area contributed by atoms with E-state index in [1.807, 2.05) is 24.3 Å². The Morgan fingerprint density at radius 1 is 0.952 bits per heavy atom. The SMILES string of the molecule is O=C(Cc1ccc(F)c(F)c1)NCc1ccc(CCl)cc1. The average Bonchev–Trinajstić information content (AvgIpc) is 2.49. The van der Waals surface area contributed by atoms with Crippen molar-refractivity contribution in [1.29, 1.82) is 0 Å². The van der Waals surface area contributed by atoms with E-state index in [-0.39, 0.29) is 12.3 Å². The summed E-state index contributed by atoms with van der Waals surface area (Å²) in [6.07, 6.45) is 0.0109. The van der Waals surface area contributed by atoms with Crippen molar-refractivity contribution in [3.05, 3.63) is 70.8 Å². The minimum Gasteiger partial charge on any atom is -0.352 e. The second-order valence-corrected chi connectivity index (χ2v) is 4.92. The molecule has 0 bridgehead atoms. The lowest BCUT2D eigenvalue weighted by molar-refractivity contribution is -0.120. The van der Waals surface area contributed by atoms with E-state index in [0.717, 1.165) is 23.3 Å². The highest BCUT2D eigenvalue weighted by Gasteiger charge is 2.07. The third-order valence-corrected chi connectivity index (χ3v) is 3.32. The van der Waals surface area contributed by atoms with Gasteiger partial charge in [0.2, 0.25) is 5.91 Å². The van der Waals surface area contributed by atoms with E-state index in [4.69, 9.17) is 11.6 Å². The van der Waals surface area contributed by atoms with E-state index in [2.05, 4.69) is 5.32 Å². The van der Waals surface area contributed by atoms with E-state index < -0.39 is 11.6 Å². The van der Waals surface area contributed by atoms with Crippen molar-refractivity contribution in [1.82, 2.24) is 5.32 Å². The number of rotatable bonds is 5. The summed E-state index contributed by atoms with van der Waals surface area (Å²) in [7, 11) is 0. The molecule has 2 nitrogen and oxygen atoms in total. The Morgan fingerprint density at radius 3 is 2.19 bits per heavy atom. The number of amides is 1. The number of halogens is 3. The predicted molar refractivity (Wildman–Crippen MR) is 77.9 cm³/mol. The van der Waals surface area contributed by atoms with Crippen molar-refractivity contribution < 1.29 is 13.6 Å². The molecule has 0 radical (unpaired) electrons. The summed E-state index contributed by atoms with van der Waals surface area (Å²) in [6, 6.07) is 11.0. The van der Waals surface area contributed by atoms with Crippen LogP contribution in [0.3, 0.4) is 0 Å². The highest BCUT2D eigenvalue weighted by molar-refractivity contribution is 6.17. The summed E-state index contributed by atoms with van der Waals surface area (Å²) in [4.78, 5) is 11.8. The number of alkyl halides is 1. The molecular formula is C16H14ClF2NO. The molecule has 1 amide bonds. The average molecular weight is 310 g/mol. The van der Waals surface area contributed by atoms with Gasteiger partial charge < -0.3 is 5.32 Å². The lowest BCUT2D eigenvalue weighted by Crippen LogP contribution is -2.24. The molecule has 0 aliphatic rings. The van der Waals surface area contributed by atoms with Gasteiger partial charge in [-0.2, -0.15) is 0 Å². The quantitative estimate of drug-likeness (QED) is 0.841. The van der Waals surface area contributed by atoms with Crippen LogP contribution in [-0.4, -0.2) is 5.91 Å². The van der Waals surface area contributed by atoms with Crippen molar-refractivity contribution in [2.24, 2.45) is 0 Å². The Bertz CT molecular complexity index is 629. The standard InChI is InChI=1S/C16H14ClF2NO/c17-9-11-1-3-12(4-2-11)10-20-16(21)8-13-5-6-14(18)15(19)7-13/h1-7H,8-10H2,(H,20,21). The van der Waals surface area contributed by atoms with Crippen LogP contribution < -0.4 is 5.32 Å². The Hall–Kier alpha value is -1.94. The number of hydrogen-bond donors (Lipinski definition) is 1. The van der Waals surface area contributed by atoms with Gasteiger partial charge in [-0.05, 0) is 28.8 Å². The molecule has 0 heterocycles. The van der Waals surface area contributed by atoms with Gasteiger partial charge in [-0.25, -0.2) is 8.78 Å². The van der Waals surface area contributed by atoms with Crippen LogP contribution in [0.25, 0.3) is 0 Å². The minimum atomic E-state index is -0.947. The number of carbonyl (C=O) groups excluding carboxylic acids is 1. The lowest BCUT2D eigenvalue weighted by Gasteiger charge is -2.06. The van der Waals surface area contributed by atoms with Crippen LogP contribution in [0.2, 0.25) is 0 Å². The molecule has 2 rings (SSSR count). The van der Waals surface area contributed by atoms with Crippen molar-refractivity contribution in [2.75, 3.05) is 0 Å². The van der Waals surface area contributed by atoms with Gasteiger partial charge in [0.15, 0.2) is 11.6 Å². The summed E-state index contributed by atoms with van der Waals surface area (Å²) in [5.74, 6) is -1.67. The molecule has 0 aromatic heterocycles. The molecule has 0 fully saturated rings. The number of nitrogens with one attached hydrogen (secondary N) is 1. The highest BCUT2D eigenvalue weighted by atomic mass is 35.5.